The molecule has 1 saturated heterocycles. The molecule has 1 fully saturated rings. The minimum absolute atomic E-state index is 0.0665. The summed E-state index contributed by atoms with van der Waals surface area (Å²) in [4.78, 5) is 43.6. The van der Waals surface area contributed by atoms with E-state index in [2.05, 4.69) is 4.90 Å². The van der Waals surface area contributed by atoms with Crippen molar-refractivity contribution >= 4 is 39.5 Å². The predicted molar refractivity (Wildman–Crippen MR) is 126 cm³/mol. The van der Waals surface area contributed by atoms with Crippen LogP contribution in [-0.4, -0.2) is 59.8 Å². The van der Waals surface area contributed by atoms with Crippen LogP contribution in [0.2, 0.25) is 0 Å². The molecule has 0 unspecified atom stereocenters. The lowest BCUT2D eigenvalue weighted by molar-refractivity contribution is -0.384. The minimum Gasteiger partial charge on any atom is -0.364 e. The van der Waals surface area contributed by atoms with Crippen molar-refractivity contribution in [3.63, 3.8) is 0 Å². The average molecular weight is 442 g/mol. The van der Waals surface area contributed by atoms with E-state index in [-0.39, 0.29) is 17.2 Å². The van der Waals surface area contributed by atoms with Gasteiger partial charge >= 0.3 is 0 Å². The molecule has 8 nitrogen and oxygen atoms in total. The van der Waals surface area contributed by atoms with Gasteiger partial charge in [-0.3, -0.25) is 19.7 Å². The highest BCUT2D eigenvalue weighted by Crippen LogP contribution is 2.38. The van der Waals surface area contributed by atoms with Crippen LogP contribution in [0, 0.1) is 10.1 Å². The Hall–Kier alpha value is -4.04. The van der Waals surface area contributed by atoms with Crippen molar-refractivity contribution in [1.29, 1.82) is 0 Å². The van der Waals surface area contributed by atoms with Gasteiger partial charge in [0, 0.05) is 43.7 Å². The molecule has 2 aliphatic heterocycles. The Morgan fingerprint density at radius 3 is 2.18 bits per heavy atom. The Morgan fingerprint density at radius 2 is 1.48 bits per heavy atom. The third-order valence-corrected chi connectivity index (χ3v) is 6.25. The third kappa shape index (κ3) is 3.54. The van der Waals surface area contributed by atoms with E-state index in [9.17, 15) is 19.7 Å². The van der Waals surface area contributed by atoms with E-state index in [0.717, 1.165) is 23.9 Å². The van der Waals surface area contributed by atoms with Crippen molar-refractivity contribution in [3.8, 4) is 0 Å². The summed E-state index contributed by atoms with van der Waals surface area (Å²) in [6, 6.07) is 19.0. The van der Waals surface area contributed by atoms with E-state index < -0.39 is 10.8 Å². The molecule has 0 aliphatic carbocycles. The molecule has 0 saturated carbocycles. The Kier molecular flexibility index (Phi) is 5.14. The van der Waals surface area contributed by atoms with Crippen LogP contribution in [0.4, 0.5) is 11.4 Å². The number of hydrogen-bond donors (Lipinski definition) is 0. The molecular formula is C25H22N4O4. The normalized spacial score (nSPS) is 17.4. The molecule has 8 heteroatoms. The standard InChI is InChI=1S/C25H22N4O4/c1-26-13-15-27(16-14-26)23-22(18-9-11-19(12-10-18)29(32)33)24(30)28(25(23)31)21-8-4-6-17-5-2-3-7-20(17)21/h2-12H,13-16H2,1H3. The van der Waals surface area contributed by atoms with Crippen molar-refractivity contribution in [2.75, 3.05) is 38.1 Å². The first-order chi connectivity index (χ1) is 16.0. The second-order valence-electron chi connectivity index (χ2n) is 8.26. The maximum absolute atomic E-state index is 13.8. The van der Waals surface area contributed by atoms with E-state index in [1.165, 1.54) is 17.0 Å². The molecule has 2 aliphatic rings. The first-order valence-corrected chi connectivity index (χ1v) is 10.7. The van der Waals surface area contributed by atoms with Gasteiger partial charge < -0.3 is 9.80 Å². The van der Waals surface area contributed by atoms with Crippen LogP contribution in [-0.2, 0) is 9.59 Å². The van der Waals surface area contributed by atoms with Gasteiger partial charge in [-0.05, 0) is 36.2 Å². The van der Waals surface area contributed by atoms with E-state index in [1.807, 2.05) is 48.3 Å². The Labute approximate surface area is 190 Å². The summed E-state index contributed by atoms with van der Waals surface area (Å²) < 4.78 is 0. The second kappa shape index (κ2) is 8.14. The maximum atomic E-state index is 13.8. The smallest absolute Gasteiger partial charge is 0.282 e. The predicted octanol–water partition coefficient (Wildman–Crippen LogP) is 3.28. The van der Waals surface area contributed by atoms with Crippen LogP contribution in [0.3, 0.4) is 0 Å². The van der Waals surface area contributed by atoms with Crippen molar-refractivity contribution in [3.05, 3.63) is 88.1 Å². The van der Waals surface area contributed by atoms with Crippen molar-refractivity contribution in [2.45, 2.75) is 0 Å². The summed E-state index contributed by atoms with van der Waals surface area (Å²) in [7, 11) is 2.02. The monoisotopic (exact) mass is 442 g/mol. The zero-order chi connectivity index (χ0) is 23.1. The highest BCUT2D eigenvalue weighted by molar-refractivity contribution is 6.46. The largest absolute Gasteiger partial charge is 0.364 e. The molecule has 3 aromatic carbocycles. The van der Waals surface area contributed by atoms with Crippen LogP contribution in [0.5, 0.6) is 0 Å². The summed E-state index contributed by atoms with van der Waals surface area (Å²) in [5, 5.41) is 12.8. The molecule has 0 N–H and O–H groups in total. The number of nitro benzene ring substituents is 1. The number of benzene rings is 3. The average Bonchev–Trinajstić information content (AvgIpc) is 3.09. The maximum Gasteiger partial charge on any atom is 0.282 e. The summed E-state index contributed by atoms with van der Waals surface area (Å²) in [5.41, 5.74) is 1.60. The molecule has 0 aromatic heterocycles. The number of hydrogen-bond acceptors (Lipinski definition) is 6. The van der Waals surface area contributed by atoms with Crippen LogP contribution in [0.25, 0.3) is 16.3 Å². The van der Waals surface area contributed by atoms with Gasteiger partial charge in [-0.15, -0.1) is 0 Å². The minimum atomic E-state index is -0.483. The van der Waals surface area contributed by atoms with Crippen LogP contribution < -0.4 is 4.90 Å². The number of nitro groups is 1. The third-order valence-electron chi connectivity index (χ3n) is 6.25. The molecule has 166 valence electrons. The Bertz CT molecular complexity index is 1300. The molecule has 0 radical (unpaired) electrons. The van der Waals surface area contributed by atoms with Gasteiger partial charge in [0.1, 0.15) is 5.70 Å². The lowest BCUT2D eigenvalue weighted by atomic mass is 10.0. The molecule has 0 spiro atoms. The van der Waals surface area contributed by atoms with Gasteiger partial charge in [0.25, 0.3) is 17.5 Å². The van der Waals surface area contributed by atoms with Crippen LogP contribution >= 0.6 is 0 Å². The van der Waals surface area contributed by atoms with Gasteiger partial charge in [0.2, 0.25) is 0 Å². The SMILES string of the molecule is CN1CCN(C2=C(c3ccc([N+](=O)[O-])cc3)C(=O)N(c3cccc4ccccc34)C2=O)CC1. The fourth-order valence-corrected chi connectivity index (χ4v) is 4.47. The molecule has 0 atom stereocenters. The fourth-order valence-electron chi connectivity index (χ4n) is 4.47. The van der Waals surface area contributed by atoms with Gasteiger partial charge in [0.15, 0.2) is 0 Å². The van der Waals surface area contributed by atoms with Crippen molar-refractivity contribution in [1.82, 2.24) is 9.80 Å². The number of rotatable bonds is 4. The zero-order valence-corrected chi connectivity index (χ0v) is 18.1. The first kappa shape index (κ1) is 20.8. The molecule has 2 heterocycles. The van der Waals surface area contributed by atoms with E-state index in [4.69, 9.17) is 0 Å². The van der Waals surface area contributed by atoms with E-state index in [1.54, 1.807) is 18.2 Å². The lowest BCUT2D eigenvalue weighted by Gasteiger charge is -2.34. The van der Waals surface area contributed by atoms with E-state index in [0.29, 0.717) is 30.0 Å². The van der Waals surface area contributed by atoms with Gasteiger partial charge in [-0.25, -0.2) is 4.90 Å². The number of carbonyl (C=O) groups is 2. The highest BCUT2D eigenvalue weighted by atomic mass is 16.6. The van der Waals surface area contributed by atoms with Crippen LogP contribution in [0.1, 0.15) is 5.56 Å². The molecule has 5 rings (SSSR count). The molecule has 3 aromatic rings. The lowest BCUT2D eigenvalue weighted by Crippen LogP contribution is -2.46. The molecule has 2 amide bonds. The summed E-state index contributed by atoms with van der Waals surface area (Å²) in [6.07, 6.45) is 0. The van der Waals surface area contributed by atoms with Gasteiger partial charge in [-0.1, -0.05) is 36.4 Å². The number of imide groups is 1. The highest BCUT2D eigenvalue weighted by Gasteiger charge is 2.43. The number of anilines is 1. The van der Waals surface area contributed by atoms with Gasteiger partial charge in [-0.2, -0.15) is 0 Å². The summed E-state index contributed by atoms with van der Waals surface area (Å²) in [6.45, 7) is 2.77. The Morgan fingerprint density at radius 1 is 0.818 bits per heavy atom. The number of likely N-dealkylation sites (N-methyl/N-ethyl adjacent to an activating group) is 1. The first-order valence-electron chi connectivity index (χ1n) is 10.7. The molecular weight excluding hydrogens is 420 g/mol. The zero-order valence-electron chi connectivity index (χ0n) is 18.1. The Balaban J connectivity index is 1.64. The van der Waals surface area contributed by atoms with Gasteiger partial charge in [0.05, 0.1) is 16.2 Å². The number of carbonyl (C=O) groups excluding carboxylic acids is 2. The number of fused-ring (bicyclic) bond motifs is 1. The number of piperazine rings is 1. The fraction of sp³-hybridized carbons (Fsp3) is 0.200. The molecule has 0 bridgehead atoms. The number of nitrogens with zero attached hydrogens (tertiary/aromatic N) is 4. The summed E-state index contributed by atoms with van der Waals surface area (Å²) >= 11 is 0. The van der Waals surface area contributed by atoms with Crippen molar-refractivity contribution < 1.29 is 14.5 Å². The molecule has 33 heavy (non-hydrogen) atoms. The number of non-ortho nitro benzene ring substituents is 1. The second-order valence-corrected chi connectivity index (χ2v) is 8.26. The van der Waals surface area contributed by atoms with Crippen LogP contribution in [0.15, 0.2) is 72.4 Å². The van der Waals surface area contributed by atoms with E-state index >= 15 is 0 Å². The number of amides is 2. The quantitative estimate of drug-likeness (QED) is 0.350. The topological polar surface area (TPSA) is 87.0 Å². The van der Waals surface area contributed by atoms with Crippen molar-refractivity contribution in [2.24, 2.45) is 0 Å². The summed E-state index contributed by atoms with van der Waals surface area (Å²) in [5.74, 6) is -0.784.